The Kier molecular flexibility index (Phi) is 4.60. The van der Waals surface area contributed by atoms with Gasteiger partial charge in [-0.15, -0.1) is 0 Å². The zero-order valence-electron chi connectivity index (χ0n) is 10.9. The third-order valence-electron chi connectivity index (χ3n) is 3.90. The van der Waals surface area contributed by atoms with Crippen LogP contribution in [0.2, 0.25) is 0 Å². The molecule has 2 heteroatoms. The first-order chi connectivity index (χ1) is 6.99. The van der Waals surface area contributed by atoms with Crippen molar-refractivity contribution in [3.8, 4) is 0 Å². The summed E-state index contributed by atoms with van der Waals surface area (Å²) in [6, 6.07) is 0. The lowest BCUT2D eigenvalue weighted by atomic mass is 9.84. The fraction of sp³-hybridized carbons (Fsp3) is 1.00. The highest BCUT2D eigenvalue weighted by Gasteiger charge is 2.28. The molecule has 1 aliphatic rings. The minimum atomic E-state index is 0.316. The molecule has 0 amide bonds. The SMILES string of the molecule is CCC(C)(CN)CN1CC(C)CC(C)C1. The molecule has 2 nitrogen and oxygen atoms in total. The Morgan fingerprint density at radius 1 is 1.27 bits per heavy atom. The highest BCUT2D eigenvalue weighted by Crippen LogP contribution is 2.26. The summed E-state index contributed by atoms with van der Waals surface area (Å²) >= 11 is 0. The van der Waals surface area contributed by atoms with Gasteiger partial charge in [-0.05, 0) is 36.6 Å². The van der Waals surface area contributed by atoms with Crippen LogP contribution >= 0.6 is 0 Å². The Hall–Kier alpha value is -0.0800. The lowest BCUT2D eigenvalue weighted by Gasteiger charge is -2.40. The van der Waals surface area contributed by atoms with E-state index in [0.29, 0.717) is 5.41 Å². The molecule has 0 aromatic rings. The van der Waals surface area contributed by atoms with Crippen molar-refractivity contribution in [1.82, 2.24) is 4.90 Å². The van der Waals surface area contributed by atoms with Gasteiger partial charge in [0.2, 0.25) is 0 Å². The maximum Gasteiger partial charge on any atom is 0.00475 e. The van der Waals surface area contributed by atoms with Crippen LogP contribution in [-0.4, -0.2) is 31.1 Å². The van der Waals surface area contributed by atoms with Crippen LogP contribution in [0.4, 0.5) is 0 Å². The Labute approximate surface area is 95.2 Å². The van der Waals surface area contributed by atoms with E-state index in [4.69, 9.17) is 5.73 Å². The third kappa shape index (κ3) is 3.76. The van der Waals surface area contributed by atoms with Crippen molar-refractivity contribution < 1.29 is 0 Å². The van der Waals surface area contributed by atoms with E-state index in [2.05, 4.69) is 32.6 Å². The van der Waals surface area contributed by atoms with Crippen molar-refractivity contribution in [2.24, 2.45) is 23.0 Å². The minimum absolute atomic E-state index is 0.316. The number of rotatable bonds is 4. The van der Waals surface area contributed by atoms with Crippen molar-refractivity contribution in [3.05, 3.63) is 0 Å². The summed E-state index contributed by atoms with van der Waals surface area (Å²) in [6.45, 7) is 13.8. The van der Waals surface area contributed by atoms with Gasteiger partial charge in [0, 0.05) is 19.6 Å². The molecule has 0 bridgehead atoms. The normalized spacial score (nSPS) is 32.6. The van der Waals surface area contributed by atoms with E-state index in [9.17, 15) is 0 Å². The maximum absolute atomic E-state index is 5.88. The van der Waals surface area contributed by atoms with E-state index in [1.807, 2.05) is 0 Å². The van der Waals surface area contributed by atoms with Crippen molar-refractivity contribution in [2.45, 2.75) is 40.5 Å². The van der Waals surface area contributed by atoms with Gasteiger partial charge in [-0.3, -0.25) is 0 Å². The lowest BCUT2D eigenvalue weighted by molar-refractivity contribution is 0.0907. The van der Waals surface area contributed by atoms with Crippen LogP contribution in [0.5, 0.6) is 0 Å². The fourth-order valence-electron chi connectivity index (χ4n) is 2.78. The van der Waals surface area contributed by atoms with E-state index < -0.39 is 0 Å². The molecule has 3 unspecified atom stereocenters. The molecule has 1 heterocycles. The quantitative estimate of drug-likeness (QED) is 0.775. The molecule has 1 aliphatic heterocycles. The van der Waals surface area contributed by atoms with Gasteiger partial charge in [0.1, 0.15) is 0 Å². The summed E-state index contributed by atoms with van der Waals surface area (Å²) in [5.74, 6) is 1.71. The van der Waals surface area contributed by atoms with Gasteiger partial charge in [-0.25, -0.2) is 0 Å². The average molecular weight is 212 g/mol. The van der Waals surface area contributed by atoms with Gasteiger partial charge in [-0.2, -0.15) is 0 Å². The zero-order chi connectivity index (χ0) is 11.5. The summed E-state index contributed by atoms with van der Waals surface area (Å²) in [5, 5.41) is 0. The monoisotopic (exact) mass is 212 g/mol. The second kappa shape index (κ2) is 5.31. The molecular weight excluding hydrogens is 184 g/mol. The van der Waals surface area contributed by atoms with Gasteiger partial charge in [0.05, 0.1) is 0 Å². The first kappa shape index (κ1) is 13.0. The molecular formula is C13H28N2. The molecule has 15 heavy (non-hydrogen) atoms. The highest BCUT2D eigenvalue weighted by atomic mass is 15.1. The zero-order valence-corrected chi connectivity index (χ0v) is 10.9. The molecule has 3 atom stereocenters. The molecule has 0 aromatic carbocycles. The van der Waals surface area contributed by atoms with Crippen LogP contribution in [-0.2, 0) is 0 Å². The van der Waals surface area contributed by atoms with Crippen molar-refractivity contribution in [1.29, 1.82) is 0 Å². The van der Waals surface area contributed by atoms with Crippen LogP contribution in [0, 0.1) is 17.3 Å². The first-order valence-electron chi connectivity index (χ1n) is 6.41. The molecule has 0 radical (unpaired) electrons. The standard InChI is InChI=1S/C13H28N2/c1-5-13(4,9-14)10-15-7-11(2)6-12(3)8-15/h11-12H,5-10,14H2,1-4H3. The van der Waals surface area contributed by atoms with Gasteiger partial charge in [0.25, 0.3) is 0 Å². The second-order valence-electron chi connectivity index (χ2n) is 6.01. The van der Waals surface area contributed by atoms with E-state index in [1.165, 1.54) is 32.5 Å². The molecule has 1 saturated heterocycles. The summed E-state index contributed by atoms with van der Waals surface area (Å²) in [5.41, 5.74) is 6.19. The Bertz CT molecular complexity index is 177. The predicted octanol–water partition coefficient (Wildman–Crippen LogP) is 2.34. The number of likely N-dealkylation sites (tertiary alicyclic amines) is 1. The first-order valence-corrected chi connectivity index (χ1v) is 6.41. The maximum atomic E-state index is 5.88. The summed E-state index contributed by atoms with van der Waals surface area (Å²) in [7, 11) is 0. The molecule has 0 saturated carbocycles. The van der Waals surface area contributed by atoms with E-state index in [1.54, 1.807) is 0 Å². The number of nitrogens with zero attached hydrogens (tertiary/aromatic N) is 1. The molecule has 90 valence electrons. The molecule has 0 aromatic heterocycles. The molecule has 0 spiro atoms. The number of hydrogen-bond donors (Lipinski definition) is 1. The summed E-state index contributed by atoms with van der Waals surface area (Å²) in [4.78, 5) is 2.62. The van der Waals surface area contributed by atoms with Gasteiger partial charge >= 0.3 is 0 Å². The van der Waals surface area contributed by atoms with Gasteiger partial charge < -0.3 is 10.6 Å². The molecule has 0 aliphatic carbocycles. The Balaban J connectivity index is 2.49. The van der Waals surface area contributed by atoms with Crippen LogP contribution in [0.1, 0.15) is 40.5 Å². The van der Waals surface area contributed by atoms with Crippen LogP contribution in [0.15, 0.2) is 0 Å². The number of nitrogens with two attached hydrogens (primary N) is 1. The van der Waals surface area contributed by atoms with Crippen LogP contribution in [0.25, 0.3) is 0 Å². The molecule has 1 rings (SSSR count). The van der Waals surface area contributed by atoms with Crippen molar-refractivity contribution >= 4 is 0 Å². The Morgan fingerprint density at radius 2 is 1.80 bits per heavy atom. The number of piperidine rings is 1. The predicted molar refractivity (Wildman–Crippen MR) is 66.8 cm³/mol. The van der Waals surface area contributed by atoms with Crippen LogP contribution in [0.3, 0.4) is 0 Å². The molecule has 1 fully saturated rings. The van der Waals surface area contributed by atoms with E-state index in [-0.39, 0.29) is 0 Å². The fourth-order valence-corrected chi connectivity index (χ4v) is 2.78. The molecule has 2 N–H and O–H groups in total. The minimum Gasteiger partial charge on any atom is -0.330 e. The number of hydrogen-bond acceptors (Lipinski definition) is 2. The highest BCUT2D eigenvalue weighted by molar-refractivity contribution is 4.82. The second-order valence-corrected chi connectivity index (χ2v) is 6.01. The third-order valence-corrected chi connectivity index (χ3v) is 3.90. The van der Waals surface area contributed by atoms with Gasteiger partial charge in [-0.1, -0.05) is 27.7 Å². The van der Waals surface area contributed by atoms with Crippen LogP contribution < -0.4 is 5.73 Å². The van der Waals surface area contributed by atoms with Gasteiger partial charge in [0.15, 0.2) is 0 Å². The van der Waals surface area contributed by atoms with E-state index >= 15 is 0 Å². The summed E-state index contributed by atoms with van der Waals surface area (Å²) < 4.78 is 0. The summed E-state index contributed by atoms with van der Waals surface area (Å²) in [6.07, 6.45) is 2.57. The average Bonchev–Trinajstić information content (AvgIpc) is 2.16. The lowest BCUT2D eigenvalue weighted by Crippen LogP contribution is -2.46. The Morgan fingerprint density at radius 3 is 2.20 bits per heavy atom. The van der Waals surface area contributed by atoms with Crippen molar-refractivity contribution in [2.75, 3.05) is 26.2 Å². The topological polar surface area (TPSA) is 29.3 Å². The van der Waals surface area contributed by atoms with Crippen molar-refractivity contribution in [3.63, 3.8) is 0 Å². The smallest absolute Gasteiger partial charge is 0.00475 e. The van der Waals surface area contributed by atoms with E-state index in [0.717, 1.165) is 18.4 Å². The largest absolute Gasteiger partial charge is 0.330 e.